The van der Waals surface area contributed by atoms with Gasteiger partial charge < -0.3 is 5.32 Å². The molecular formula is C14H15ClFNOS. The molecule has 1 aliphatic carbocycles. The first-order chi connectivity index (χ1) is 9.13. The zero-order chi connectivity index (χ0) is 13.4. The van der Waals surface area contributed by atoms with E-state index in [0.717, 1.165) is 23.5 Å². The average Bonchev–Trinajstić information content (AvgIpc) is 3.07. The van der Waals surface area contributed by atoms with E-state index in [1.165, 1.54) is 6.07 Å². The topological polar surface area (TPSA) is 29.1 Å². The molecule has 0 aromatic heterocycles. The number of amides is 1. The zero-order valence-corrected chi connectivity index (χ0v) is 11.9. The van der Waals surface area contributed by atoms with E-state index >= 15 is 0 Å². The van der Waals surface area contributed by atoms with Crippen LogP contribution in [0.2, 0.25) is 5.02 Å². The Morgan fingerprint density at radius 3 is 2.89 bits per heavy atom. The molecule has 1 aromatic carbocycles. The van der Waals surface area contributed by atoms with Crippen LogP contribution in [0.3, 0.4) is 0 Å². The van der Waals surface area contributed by atoms with Crippen LogP contribution in [0.4, 0.5) is 4.39 Å². The summed E-state index contributed by atoms with van der Waals surface area (Å²) in [6.45, 7) is 0. The predicted molar refractivity (Wildman–Crippen MR) is 76.1 cm³/mol. The molecule has 5 heteroatoms. The van der Waals surface area contributed by atoms with E-state index in [1.807, 2.05) is 17.8 Å². The Kier molecular flexibility index (Phi) is 3.72. The van der Waals surface area contributed by atoms with Crippen molar-refractivity contribution >= 4 is 29.3 Å². The molecule has 102 valence electrons. The number of thioether (sulfide) groups is 1. The lowest BCUT2D eigenvalue weighted by Gasteiger charge is -2.23. The second-order valence-corrected chi connectivity index (χ2v) is 6.78. The molecule has 0 radical (unpaired) electrons. The van der Waals surface area contributed by atoms with Gasteiger partial charge in [-0.3, -0.25) is 4.79 Å². The maximum atomic E-state index is 13.4. The van der Waals surface area contributed by atoms with Crippen LogP contribution in [-0.4, -0.2) is 23.5 Å². The molecule has 2 aliphatic rings. The van der Waals surface area contributed by atoms with Crippen LogP contribution in [0, 0.1) is 11.7 Å². The summed E-state index contributed by atoms with van der Waals surface area (Å²) in [5, 5.41) is 3.18. The summed E-state index contributed by atoms with van der Waals surface area (Å²) in [5.74, 6) is 2.74. The summed E-state index contributed by atoms with van der Waals surface area (Å²) in [6.07, 6.45) is 1.53. The Bertz CT molecular complexity index is 506. The van der Waals surface area contributed by atoms with Crippen molar-refractivity contribution in [1.82, 2.24) is 5.32 Å². The van der Waals surface area contributed by atoms with E-state index in [-0.39, 0.29) is 28.7 Å². The van der Waals surface area contributed by atoms with Crippen LogP contribution >= 0.6 is 23.4 Å². The first kappa shape index (κ1) is 13.3. The highest BCUT2D eigenvalue weighted by molar-refractivity contribution is 8.00. The quantitative estimate of drug-likeness (QED) is 0.925. The largest absolute Gasteiger partial charge is 0.353 e. The summed E-state index contributed by atoms with van der Waals surface area (Å²) >= 11 is 7.55. The van der Waals surface area contributed by atoms with Crippen molar-refractivity contribution in [2.24, 2.45) is 5.92 Å². The van der Waals surface area contributed by atoms with Crippen molar-refractivity contribution in [2.75, 3.05) is 11.5 Å². The number of carbonyl (C=O) groups is 1. The Balaban J connectivity index is 1.52. The standard InChI is InChI=1S/C14H15ClFNOS/c15-11-2-1-9(4-12(11)16)10-5-13(10)17-14(18)3-8-6-19-7-8/h1-2,4,8,10,13H,3,5-7H2,(H,17,18)/t10-,13+/m0/s1. The van der Waals surface area contributed by atoms with Crippen molar-refractivity contribution in [3.63, 3.8) is 0 Å². The van der Waals surface area contributed by atoms with Gasteiger partial charge in [0.1, 0.15) is 5.82 Å². The Morgan fingerprint density at radius 1 is 1.47 bits per heavy atom. The van der Waals surface area contributed by atoms with Crippen LogP contribution in [0.15, 0.2) is 18.2 Å². The lowest BCUT2D eigenvalue weighted by atomic mass is 10.1. The summed E-state index contributed by atoms with van der Waals surface area (Å²) in [5.41, 5.74) is 0.923. The second kappa shape index (κ2) is 5.33. The molecule has 1 amide bonds. The van der Waals surface area contributed by atoms with E-state index in [4.69, 9.17) is 11.6 Å². The molecule has 1 N–H and O–H groups in total. The van der Waals surface area contributed by atoms with Gasteiger partial charge in [-0.05, 0) is 41.5 Å². The normalized spacial score (nSPS) is 25.8. The Hall–Kier alpha value is -0.740. The molecule has 2 atom stereocenters. The van der Waals surface area contributed by atoms with Gasteiger partial charge in [-0.15, -0.1) is 0 Å². The van der Waals surface area contributed by atoms with Crippen LogP contribution in [0.1, 0.15) is 24.3 Å². The second-order valence-electron chi connectivity index (χ2n) is 5.30. The average molecular weight is 300 g/mol. The molecule has 1 aliphatic heterocycles. The van der Waals surface area contributed by atoms with Crippen LogP contribution in [0.5, 0.6) is 0 Å². The monoisotopic (exact) mass is 299 g/mol. The summed E-state index contributed by atoms with van der Waals surface area (Å²) < 4.78 is 13.4. The van der Waals surface area contributed by atoms with Gasteiger partial charge in [-0.1, -0.05) is 17.7 Å². The third kappa shape index (κ3) is 3.06. The van der Waals surface area contributed by atoms with E-state index in [9.17, 15) is 9.18 Å². The van der Waals surface area contributed by atoms with Gasteiger partial charge in [0.05, 0.1) is 5.02 Å². The fraction of sp³-hybridized carbons (Fsp3) is 0.500. The third-order valence-electron chi connectivity index (χ3n) is 3.69. The van der Waals surface area contributed by atoms with Gasteiger partial charge in [0.15, 0.2) is 0 Å². The fourth-order valence-electron chi connectivity index (χ4n) is 2.40. The van der Waals surface area contributed by atoms with Crippen LogP contribution in [0.25, 0.3) is 0 Å². The lowest BCUT2D eigenvalue weighted by molar-refractivity contribution is -0.121. The Morgan fingerprint density at radius 2 is 2.26 bits per heavy atom. The van der Waals surface area contributed by atoms with Crippen molar-refractivity contribution < 1.29 is 9.18 Å². The number of halogens is 2. The van der Waals surface area contributed by atoms with Crippen LogP contribution in [-0.2, 0) is 4.79 Å². The van der Waals surface area contributed by atoms with Crippen molar-refractivity contribution in [2.45, 2.75) is 24.8 Å². The number of hydrogen-bond donors (Lipinski definition) is 1. The third-order valence-corrected chi connectivity index (χ3v) is 5.41. The molecule has 1 saturated carbocycles. The Labute approximate surface area is 121 Å². The van der Waals surface area contributed by atoms with Crippen LogP contribution < -0.4 is 5.32 Å². The number of hydrogen-bond acceptors (Lipinski definition) is 2. The minimum atomic E-state index is -0.386. The highest BCUT2D eigenvalue weighted by Crippen LogP contribution is 2.41. The molecule has 2 nitrogen and oxygen atoms in total. The highest BCUT2D eigenvalue weighted by Gasteiger charge is 2.40. The molecule has 19 heavy (non-hydrogen) atoms. The molecule has 1 saturated heterocycles. The predicted octanol–water partition coefficient (Wildman–Crippen LogP) is 3.20. The molecule has 0 bridgehead atoms. The molecule has 2 fully saturated rings. The van der Waals surface area contributed by atoms with Gasteiger partial charge in [0.2, 0.25) is 5.91 Å². The minimum Gasteiger partial charge on any atom is -0.353 e. The molecule has 0 unspecified atom stereocenters. The SMILES string of the molecule is O=C(CC1CSC1)N[C@@H]1C[C@H]1c1ccc(Cl)c(F)c1. The van der Waals surface area contributed by atoms with Gasteiger partial charge in [-0.25, -0.2) is 4.39 Å². The maximum absolute atomic E-state index is 13.4. The minimum absolute atomic E-state index is 0.132. The zero-order valence-electron chi connectivity index (χ0n) is 10.4. The first-order valence-corrected chi connectivity index (χ1v) is 7.99. The number of rotatable bonds is 4. The van der Waals surface area contributed by atoms with Crippen molar-refractivity contribution in [3.8, 4) is 0 Å². The molecule has 1 heterocycles. The molecular weight excluding hydrogens is 285 g/mol. The molecule has 3 rings (SSSR count). The summed E-state index contributed by atoms with van der Waals surface area (Å²) in [6, 6.07) is 5.06. The van der Waals surface area contributed by atoms with Gasteiger partial charge in [0.25, 0.3) is 0 Å². The number of benzene rings is 1. The molecule has 0 spiro atoms. The molecule has 1 aromatic rings. The smallest absolute Gasteiger partial charge is 0.220 e. The van der Waals surface area contributed by atoms with E-state index in [1.54, 1.807) is 6.07 Å². The summed E-state index contributed by atoms with van der Waals surface area (Å²) in [4.78, 5) is 11.8. The number of carbonyl (C=O) groups excluding carboxylic acids is 1. The van der Waals surface area contributed by atoms with Gasteiger partial charge >= 0.3 is 0 Å². The van der Waals surface area contributed by atoms with Gasteiger partial charge in [0, 0.05) is 18.4 Å². The maximum Gasteiger partial charge on any atom is 0.220 e. The van der Waals surface area contributed by atoms with E-state index < -0.39 is 0 Å². The van der Waals surface area contributed by atoms with E-state index in [2.05, 4.69) is 5.32 Å². The van der Waals surface area contributed by atoms with Gasteiger partial charge in [-0.2, -0.15) is 11.8 Å². The van der Waals surface area contributed by atoms with E-state index in [0.29, 0.717) is 12.3 Å². The summed E-state index contributed by atoms with van der Waals surface area (Å²) in [7, 11) is 0. The fourth-order valence-corrected chi connectivity index (χ4v) is 3.32. The lowest BCUT2D eigenvalue weighted by Crippen LogP contribution is -2.31. The number of nitrogens with one attached hydrogen (secondary N) is 1. The first-order valence-electron chi connectivity index (χ1n) is 6.45. The highest BCUT2D eigenvalue weighted by atomic mass is 35.5. The van der Waals surface area contributed by atoms with Crippen molar-refractivity contribution in [3.05, 3.63) is 34.6 Å². The van der Waals surface area contributed by atoms with Crippen molar-refractivity contribution in [1.29, 1.82) is 0 Å².